The van der Waals surface area contributed by atoms with Crippen LogP contribution in [0.1, 0.15) is 37.3 Å². The highest BCUT2D eigenvalue weighted by molar-refractivity contribution is 5.82. The van der Waals surface area contributed by atoms with Crippen molar-refractivity contribution in [3.63, 3.8) is 0 Å². The summed E-state index contributed by atoms with van der Waals surface area (Å²) in [5, 5.41) is 8.13. The minimum atomic E-state index is 0.309. The van der Waals surface area contributed by atoms with E-state index in [0.29, 0.717) is 17.9 Å². The van der Waals surface area contributed by atoms with Crippen LogP contribution in [0.3, 0.4) is 0 Å². The second kappa shape index (κ2) is 7.68. The second-order valence-corrected chi connectivity index (χ2v) is 9.13. The Morgan fingerprint density at radius 3 is 2.48 bits per heavy atom. The standard InChI is InChI=1S/C25H29N5O/c31-25(20-7-8-20)29-14-12-28(13-15-29)23-9-11-27-30-17-21(16-24(23)30)18-3-5-19(6-4-18)22-2-1-10-26-22/h3-6,9,11,16-17,20,22,26H,1-2,7-8,10,12-15H2. The Hall–Kier alpha value is -2.86. The van der Waals surface area contributed by atoms with Crippen molar-refractivity contribution >= 4 is 17.1 Å². The molecule has 1 aromatic carbocycles. The van der Waals surface area contributed by atoms with E-state index in [-0.39, 0.29) is 0 Å². The summed E-state index contributed by atoms with van der Waals surface area (Å²) in [6, 6.07) is 13.8. The molecule has 6 nitrogen and oxygen atoms in total. The maximum atomic E-state index is 12.4. The predicted octanol–water partition coefficient (Wildman–Crippen LogP) is 3.48. The fourth-order valence-corrected chi connectivity index (χ4v) is 5.06. The molecule has 3 fully saturated rings. The number of nitrogens with zero attached hydrogens (tertiary/aromatic N) is 4. The summed E-state index contributed by atoms with van der Waals surface area (Å²) in [7, 11) is 0. The highest BCUT2D eigenvalue weighted by atomic mass is 16.2. The van der Waals surface area contributed by atoms with Gasteiger partial charge in [0.1, 0.15) is 0 Å². The molecule has 0 radical (unpaired) electrons. The lowest BCUT2D eigenvalue weighted by molar-refractivity contribution is -0.132. The van der Waals surface area contributed by atoms with E-state index in [4.69, 9.17) is 0 Å². The monoisotopic (exact) mass is 415 g/mol. The number of nitrogens with one attached hydrogen (secondary N) is 1. The van der Waals surface area contributed by atoms with Crippen molar-refractivity contribution in [2.45, 2.75) is 31.7 Å². The van der Waals surface area contributed by atoms with Gasteiger partial charge in [-0.1, -0.05) is 24.3 Å². The third-order valence-corrected chi connectivity index (χ3v) is 7.05. The molecule has 1 N–H and O–H groups in total. The third-order valence-electron chi connectivity index (χ3n) is 7.05. The number of anilines is 1. The number of rotatable bonds is 4. The second-order valence-electron chi connectivity index (χ2n) is 9.13. The Labute approximate surface area is 182 Å². The Kier molecular flexibility index (Phi) is 4.68. The lowest BCUT2D eigenvalue weighted by atomic mass is 10.0. The minimum Gasteiger partial charge on any atom is -0.366 e. The van der Waals surface area contributed by atoms with Crippen LogP contribution in [0, 0.1) is 5.92 Å². The van der Waals surface area contributed by atoms with Gasteiger partial charge >= 0.3 is 0 Å². The summed E-state index contributed by atoms with van der Waals surface area (Å²) >= 11 is 0. The number of carbonyl (C=O) groups excluding carboxylic acids is 1. The van der Waals surface area contributed by atoms with Crippen molar-refractivity contribution in [2.75, 3.05) is 37.6 Å². The van der Waals surface area contributed by atoms with Crippen molar-refractivity contribution in [3.8, 4) is 11.1 Å². The maximum Gasteiger partial charge on any atom is 0.225 e. The highest BCUT2D eigenvalue weighted by Gasteiger charge is 2.34. The summed E-state index contributed by atoms with van der Waals surface area (Å²) in [6.45, 7) is 4.50. The molecule has 31 heavy (non-hydrogen) atoms. The summed E-state index contributed by atoms with van der Waals surface area (Å²) < 4.78 is 1.98. The Bertz CT molecular complexity index is 1090. The molecule has 160 valence electrons. The number of aromatic nitrogens is 2. The van der Waals surface area contributed by atoms with E-state index in [1.165, 1.54) is 35.2 Å². The number of amides is 1. The van der Waals surface area contributed by atoms with E-state index < -0.39 is 0 Å². The van der Waals surface area contributed by atoms with Gasteiger partial charge in [-0.25, -0.2) is 4.52 Å². The molecule has 2 saturated heterocycles. The molecular weight excluding hydrogens is 386 g/mol. The van der Waals surface area contributed by atoms with Gasteiger partial charge in [-0.05, 0) is 55.5 Å². The molecule has 6 heteroatoms. The van der Waals surface area contributed by atoms with E-state index in [1.807, 2.05) is 10.7 Å². The Balaban J connectivity index is 1.22. The number of fused-ring (bicyclic) bond motifs is 1. The van der Waals surface area contributed by atoms with E-state index in [9.17, 15) is 4.79 Å². The van der Waals surface area contributed by atoms with Gasteiger partial charge in [0.15, 0.2) is 0 Å². The fraction of sp³-hybridized carbons (Fsp3) is 0.440. The van der Waals surface area contributed by atoms with Gasteiger partial charge in [0, 0.05) is 56.1 Å². The highest BCUT2D eigenvalue weighted by Crippen LogP contribution is 2.33. The first kappa shape index (κ1) is 18.9. The molecule has 4 heterocycles. The summed E-state index contributed by atoms with van der Waals surface area (Å²) in [5.41, 5.74) is 6.11. The molecule has 3 aliphatic rings. The zero-order chi connectivity index (χ0) is 20.8. The zero-order valence-electron chi connectivity index (χ0n) is 17.8. The summed E-state index contributed by atoms with van der Waals surface area (Å²) in [6.07, 6.45) is 8.64. The van der Waals surface area contributed by atoms with Crippen LogP contribution in [0.15, 0.2) is 48.8 Å². The first-order valence-electron chi connectivity index (χ1n) is 11.6. The lowest BCUT2D eigenvalue weighted by Crippen LogP contribution is -2.49. The van der Waals surface area contributed by atoms with E-state index in [2.05, 4.69) is 62.8 Å². The summed E-state index contributed by atoms with van der Waals surface area (Å²) in [5.74, 6) is 0.670. The molecule has 1 unspecified atom stereocenters. The Morgan fingerprint density at radius 2 is 1.77 bits per heavy atom. The van der Waals surface area contributed by atoms with Crippen LogP contribution in [-0.4, -0.2) is 53.1 Å². The molecule has 2 aliphatic heterocycles. The number of carbonyl (C=O) groups is 1. The largest absolute Gasteiger partial charge is 0.366 e. The van der Waals surface area contributed by atoms with E-state index >= 15 is 0 Å². The SMILES string of the molecule is O=C(C1CC1)N1CCN(c2ccnn3cc(-c4ccc(C5CCCN5)cc4)cc23)CC1. The molecule has 0 spiro atoms. The van der Waals surface area contributed by atoms with Gasteiger partial charge in [-0.2, -0.15) is 5.10 Å². The minimum absolute atomic E-state index is 0.309. The molecule has 1 atom stereocenters. The van der Waals surface area contributed by atoms with Crippen LogP contribution in [0.25, 0.3) is 16.6 Å². The molecule has 0 bridgehead atoms. The van der Waals surface area contributed by atoms with E-state index in [0.717, 1.165) is 51.1 Å². The van der Waals surface area contributed by atoms with Gasteiger partial charge in [0.25, 0.3) is 0 Å². The van der Waals surface area contributed by atoms with Crippen molar-refractivity contribution < 1.29 is 4.79 Å². The molecule has 6 rings (SSSR count). The van der Waals surface area contributed by atoms with Gasteiger partial charge in [0.05, 0.1) is 11.2 Å². The molecule has 2 aromatic heterocycles. The normalized spacial score (nSPS) is 21.7. The molecule has 1 aliphatic carbocycles. The summed E-state index contributed by atoms with van der Waals surface area (Å²) in [4.78, 5) is 16.8. The van der Waals surface area contributed by atoms with Gasteiger partial charge < -0.3 is 15.1 Å². The number of benzene rings is 1. The smallest absolute Gasteiger partial charge is 0.225 e. The van der Waals surface area contributed by atoms with Gasteiger partial charge in [0.2, 0.25) is 5.91 Å². The van der Waals surface area contributed by atoms with Crippen LogP contribution in [-0.2, 0) is 4.79 Å². The molecule has 1 amide bonds. The lowest BCUT2D eigenvalue weighted by Gasteiger charge is -2.36. The van der Waals surface area contributed by atoms with Crippen LogP contribution < -0.4 is 10.2 Å². The van der Waals surface area contributed by atoms with Gasteiger partial charge in [-0.15, -0.1) is 0 Å². The Morgan fingerprint density at radius 1 is 0.968 bits per heavy atom. The molecule has 3 aromatic rings. The van der Waals surface area contributed by atoms with Crippen molar-refractivity contribution in [2.24, 2.45) is 5.92 Å². The topological polar surface area (TPSA) is 52.9 Å². The van der Waals surface area contributed by atoms with Crippen molar-refractivity contribution in [1.29, 1.82) is 0 Å². The third kappa shape index (κ3) is 3.59. The van der Waals surface area contributed by atoms with Crippen LogP contribution in [0.4, 0.5) is 5.69 Å². The van der Waals surface area contributed by atoms with Crippen molar-refractivity contribution in [1.82, 2.24) is 19.8 Å². The zero-order valence-corrected chi connectivity index (χ0v) is 17.8. The van der Waals surface area contributed by atoms with Crippen LogP contribution >= 0.6 is 0 Å². The number of hydrogen-bond donors (Lipinski definition) is 1. The number of piperazine rings is 1. The average Bonchev–Trinajstić information content (AvgIpc) is 3.33. The first-order chi connectivity index (χ1) is 15.3. The number of hydrogen-bond acceptors (Lipinski definition) is 4. The van der Waals surface area contributed by atoms with Crippen LogP contribution in [0.2, 0.25) is 0 Å². The van der Waals surface area contributed by atoms with Crippen molar-refractivity contribution in [3.05, 3.63) is 54.4 Å². The molecular formula is C25H29N5O. The van der Waals surface area contributed by atoms with Crippen LogP contribution in [0.5, 0.6) is 0 Å². The first-order valence-corrected chi connectivity index (χ1v) is 11.6. The molecule has 1 saturated carbocycles. The van der Waals surface area contributed by atoms with Gasteiger partial charge in [-0.3, -0.25) is 4.79 Å². The quantitative estimate of drug-likeness (QED) is 0.709. The van der Waals surface area contributed by atoms with E-state index in [1.54, 1.807) is 0 Å². The maximum absolute atomic E-state index is 12.4. The average molecular weight is 416 g/mol. The fourth-order valence-electron chi connectivity index (χ4n) is 5.06. The predicted molar refractivity (Wildman–Crippen MR) is 122 cm³/mol.